The van der Waals surface area contributed by atoms with Crippen molar-refractivity contribution >= 4 is 39.1 Å². The number of rotatable bonds is 3. The topological polar surface area (TPSA) is 52.9 Å². The number of nitrogens with zero attached hydrogens (tertiary/aromatic N) is 2. The number of halogens is 2. The summed E-state index contributed by atoms with van der Waals surface area (Å²) < 4.78 is 0.818. The van der Waals surface area contributed by atoms with Crippen LogP contribution < -0.4 is 0 Å². The van der Waals surface area contributed by atoms with Crippen molar-refractivity contribution in [2.24, 2.45) is 5.10 Å². The van der Waals surface area contributed by atoms with E-state index in [1.54, 1.807) is 36.4 Å². The molecule has 1 amide bonds. The van der Waals surface area contributed by atoms with E-state index in [0.29, 0.717) is 22.6 Å². The molecule has 4 rings (SSSR count). The third kappa shape index (κ3) is 3.68. The maximum atomic E-state index is 13.2. The first-order valence-corrected chi connectivity index (χ1v) is 9.90. The molecule has 28 heavy (non-hydrogen) atoms. The first kappa shape index (κ1) is 18.7. The number of hydrazone groups is 1. The van der Waals surface area contributed by atoms with Gasteiger partial charge in [0.25, 0.3) is 5.91 Å². The molecule has 4 nitrogen and oxygen atoms in total. The van der Waals surface area contributed by atoms with Gasteiger partial charge in [0.1, 0.15) is 5.75 Å². The predicted molar refractivity (Wildman–Crippen MR) is 114 cm³/mol. The summed E-state index contributed by atoms with van der Waals surface area (Å²) in [4.78, 5) is 13.2. The lowest BCUT2D eigenvalue weighted by atomic mass is 9.97. The van der Waals surface area contributed by atoms with E-state index in [2.05, 4.69) is 21.0 Å². The highest BCUT2D eigenvalue weighted by Gasteiger charge is 2.35. The van der Waals surface area contributed by atoms with Gasteiger partial charge < -0.3 is 5.11 Å². The molecule has 0 aromatic heterocycles. The summed E-state index contributed by atoms with van der Waals surface area (Å²) in [5.74, 6) is -0.0781. The van der Waals surface area contributed by atoms with Gasteiger partial charge in [0, 0.05) is 27.0 Å². The summed E-state index contributed by atoms with van der Waals surface area (Å²) in [7, 11) is 0. The summed E-state index contributed by atoms with van der Waals surface area (Å²) in [5, 5.41) is 17.1. The first-order valence-electron chi connectivity index (χ1n) is 8.73. The van der Waals surface area contributed by atoms with E-state index in [0.717, 1.165) is 15.7 Å². The SMILES string of the molecule is O=C(c1cccc(Br)c1)N1N=C(c2ccc(Cl)cc2)CC1c1ccccc1O. The van der Waals surface area contributed by atoms with Crippen molar-refractivity contribution in [1.82, 2.24) is 5.01 Å². The minimum atomic E-state index is -0.390. The molecule has 3 aromatic rings. The lowest BCUT2D eigenvalue weighted by Gasteiger charge is -2.22. The van der Waals surface area contributed by atoms with Crippen LogP contribution in [0.4, 0.5) is 0 Å². The van der Waals surface area contributed by atoms with Crippen LogP contribution in [0, 0.1) is 0 Å². The number of amides is 1. The van der Waals surface area contributed by atoms with Crippen molar-refractivity contribution in [3.63, 3.8) is 0 Å². The van der Waals surface area contributed by atoms with Crippen LogP contribution in [-0.4, -0.2) is 21.7 Å². The van der Waals surface area contributed by atoms with Crippen LogP contribution in [0.1, 0.15) is 33.9 Å². The molecule has 0 aliphatic carbocycles. The fourth-order valence-electron chi connectivity index (χ4n) is 3.28. The molecular formula is C22H16BrClN2O2. The molecule has 1 aliphatic heterocycles. The second kappa shape index (κ2) is 7.78. The van der Waals surface area contributed by atoms with Gasteiger partial charge in [-0.15, -0.1) is 0 Å². The number of carbonyl (C=O) groups is 1. The largest absolute Gasteiger partial charge is 0.508 e. The standard InChI is InChI=1S/C22H16BrClN2O2/c23-16-5-3-4-15(12-16)22(28)26-20(18-6-1-2-7-21(18)27)13-19(25-26)14-8-10-17(24)11-9-14/h1-12,20,27H,13H2. The number of benzene rings is 3. The Morgan fingerprint density at radius 2 is 1.82 bits per heavy atom. The minimum absolute atomic E-state index is 0.145. The number of phenols is 1. The highest BCUT2D eigenvalue weighted by Crippen LogP contribution is 2.38. The van der Waals surface area contributed by atoms with Crippen LogP contribution in [-0.2, 0) is 0 Å². The van der Waals surface area contributed by atoms with Gasteiger partial charge in [-0.1, -0.05) is 63.9 Å². The molecule has 0 spiro atoms. The summed E-state index contributed by atoms with van der Waals surface area (Å²) in [6.45, 7) is 0. The number of carbonyl (C=O) groups excluding carboxylic acids is 1. The Kier molecular flexibility index (Phi) is 5.20. The molecule has 0 saturated heterocycles. The normalized spacial score (nSPS) is 16.1. The van der Waals surface area contributed by atoms with Gasteiger partial charge in [0.05, 0.1) is 11.8 Å². The predicted octanol–water partition coefficient (Wildman–Crippen LogP) is 5.80. The molecule has 1 unspecified atom stereocenters. The molecule has 3 aromatic carbocycles. The van der Waals surface area contributed by atoms with Gasteiger partial charge in [-0.25, -0.2) is 5.01 Å². The fourth-order valence-corrected chi connectivity index (χ4v) is 3.81. The zero-order valence-corrected chi connectivity index (χ0v) is 17.1. The number of phenolic OH excluding ortho intramolecular Hbond substituents is 1. The molecular weight excluding hydrogens is 440 g/mol. The second-order valence-electron chi connectivity index (χ2n) is 6.49. The van der Waals surface area contributed by atoms with E-state index >= 15 is 0 Å². The fraction of sp³-hybridized carbons (Fsp3) is 0.0909. The Bertz CT molecular complexity index is 1070. The van der Waals surface area contributed by atoms with Gasteiger partial charge in [-0.3, -0.25) is 4.79 Å². The second-order valence-corrected chi connectivity index (χ2v) is 7.84. The van der Waals surface area contributed by atoms with Crippen LogP contribution in [0.15, 0.2) is 82.4 Å². The van der Waals surface area contributed by atoms with Crippen LogP contribution in [0.5, 0.6) is 5.75 Å². The molecule has 0 bridgehead atoms. The number of para-hydroxylation sites is 1. The molecule has 6 heteroatoms. The Balaban J connectivity index is 1.76. The van der Waals surface area contributed by atoms with Crippen LogP contribution in [0.25, 0.3) is 0 Å². The quantitative estimate of drug-likeness (QED) is 0.543. The van der Waals surface area contributed by atoms with Gasteiger partial charge in [0.15, 0.2) is 0 Å². The van der Waals surface area contributed by atoms with Crippen molar-refractivity contribution in [3.05, 3.63) is 99.0 Å². The lowest BCUT2D eigenvalue weighted by molar-refractivity contribution is 0.0709. The maximum absolute atomic E-state index is 13.2. The molecule has 1 N–H and O–H groups in total. The zero-order valence-electron chi connectivity index (χ0n) is 14.7. The van der Waals surface area contributed by atoms with Crippen molar-refractivity contribution in [3.8, 4) is 5.75 Å². The molecule has 1 aliphatic rings. The molecule has 140 valence electrons. The average Bonchev–Trinajstić information content (AvgIpc) is 3.13. The Labute approximate surface area is 176 Å². The van der Waals surface area contributed by atoms with Crippen molar-refractivity contribution in [1.29, 1.82) is 0 Å². The molecule has 0 saturated carbocycles. The van der Waals surface area contributed by atoms with Crippen LogP contribution in [0.2, 0.25) is 5.02 Å². The van der Waals surface area contributed by atoms with Crippen molar-refractivity contribution in [2.75, 3.05) is 0 Å². The Morgan fingerprint density at radius 3 is 2.54 bits per heavy atom. The Hall–Kier alpha value is -2.63. The lowest BCUT2D eigenvalue weighted by Crippen LogP contribution is -2.27. The van der Waals surface area contributed by atoms with E-state index in [1.807, 2.05) is 36.4 Å². The van der Waals surface area contributed by atoms with E-state index < -0.39 is 6.04 Å². The van der Waals surface area contributed by atoms with E-state index in [9.17, 15) is 9.90 Å². The third-order valence-corrected chi connectivity index (χ3v) is 5.41. The monoisotopic (exact) mass is 454 g/mol. The zero-order chi connectivity index (χ0) is 19.7. The number of hydrogen-bond donors (Lipinski definition) is 1. The van der Waals surface area contributed by atoms with Gasteiger partial charge in [0.2, 0.25) is 0 Å². The summed E-state index contributed by atoms with van der Waals surface area (Å²) in [6.07, 6.45) is 0.499. The molecule has 1 heterocycles. The summed E-state index contributed by atoms with van der Waals surface area (Å²) in [5.41, 5.74) is 2.86. The van der Waals surface area contributed by atoms with Gasteiger partial charge in [-0.05, 0) is 42.0 Å². The minimum Gasteiger partial charge on any atom is -0.508 e. The highest BCUT2D eigenvalue weighted by atomic mass is 79.9. The van der Waals surface area contributed by atoms with Gasteiger partial charge in [-0.2, -0.15) is 5.10 Å². The van der Waals surface area contributed by atoms with Gasteiger partial charge >= 0.3 is 0 Å². The molecule has 0 radical (unpaired) electrons. The molecule has 1 atom stereocenters. The Morgan fingerprint density at radius 1 is 1.07 bits per heavy atom. The van der Waals surface area contributed by atoms with E-state index in [1.165, 1.54) is 5.01 Å². The van der Waals surface area contributed by atoms with Crippen molar-refractivity contribution in [2.45, 2.75) is 12.5 Å². The average molecular weight is 456 g/mol. The van der Waals surface area contributed by atoms with Crippen molar-refractivity contribution < 1.29 is 9.90 Å². The van der Waals surface area contributed by atoms with Crippen LogP contribution in [0.3, 0.4) is 0 Å². The smallest absolute Gasteiger partial charge is 0.274 e. The first-order chi connectivity index (χ1) is 13.5. The third-order valence-electron chi connectivity index (χ3n) is 4.66. The summed E-state index contributed by atoms with van der Waals surface area (Å²) in [6, 6.07) is 21.2. The maximum Gasteiger partial charge on any atom is 0.274 e. The van der Waals surface area contributed by atoms with E-state index in [4.69, 9.17) is 11.6 Å². The summed E-state index contributed by atoms with van der Waals surface area (Å²) >= 11 is 9.40. The van der Waals surface area contributed by atoms with Crippen LogP contribution >= 0.6 is 27.5 Å². The van der Waals surface area contributed by atoms with E-state index in [-0.39, 0.29) is 11.7 Å². The number of aromatic hydroxyl groups is 1. The number of hydrogen-bond acceptors (Lipinski definition) is 3. The highest BCUT2D eigenvalue weighted by molar-refractivity contribution is 9.10. The molecule has 0 fully saturated rings.